The third kappa shape index (κ3) is 2.37. The Hall–Kier alpha value is -1.69. The Bertz CT molecular complexity index is 696. The summed E-state index contributed by atoms with van der Waals surface area (Å²) in [6.07, 6.45) is 0.210. The number of amides is 2. The summed E-state index contributed by atoms with van der Waals surface area (Å²) >= 11 is 2.20. The van der Waals surface area contributed by atoms with E-state index in [9.17, 15) is 9.59 Å². The van der Waals surface area contributed by atoms with Crippen LogP contribution in [0.2, 0.25) is 0 Å². The molecule has 0 spiro atoms. The number of hydrogen-bond donors (Lipinski definition) is 0. The molecule has 0 aliphatic carbocycles. The highest BCUT2D eigenvalue weighted by Crippen LogP contribution is 2.38. The molecule has 2 aromatic carbocycles. The molecule has 3 nitrogen and oxygen atoms in total. The smallest absolute Gasteiger partial charge is 0.244 e. The van der Waals surface area contributed by atoms with Gasteiger partial charge in [0.15, 0.2) is 0 Å². The van der Waals surface area contributed by atoms with Crippen molar-refractivity contribution in [2.75, 3.05) is 4.90 Å². The lowest BCUT2D eigenvalue weighted by molar-refractivity contribution is -0.122. The number of anilines is 1. The van der Waals surface area contributed by atoms with Crippen LogP contribution in [0.3, 0.4) is 0 Å². The molecule has 1 atom stereocenters. The second kappa shape index (κ2) is 5.26. The maximum Gasteiger partial charge on any atom is 0.244 e. The van der Waals surface area contributed by atoms with E-state index in [1.54, 1.807) is 0 Å². The largest absolute Gasteiger partial charge is 0.274 e. The third-order valence-corrected chi connectivity index (χ3v) is 4.64. The minimum Gasteiger partial charge on any atom is -0.274 e. The van der Waals surface area contributed by atoms with Gasteiger partial charge in [0, 0.05) is 9.99 Å². The fourth-order valence-electron chi connectivity index (χ4n) is 2.70. The summed E-state index contributed by atoms with van der Waals surface area (Å²) in [5.41, 5.74) is 0.753. The first-order valence-corrected chi connectivity index (χ1v) is 7.79. The summed E-state index contributed by atoms with van der Waals surface area (Å²) < 4.78 is 1.07. The van der Waals surface area contributed by atoms with E-state index >= 15 is 0 Å². The first-order chi connectivity index (χ1) is 10.0. The lowest BCUT2D eigenvalue weighted by Crippen LogP contribution is -2.36. The van der Waals surface area contributed by atoms with Gasteiger partial charge in [-0.1, -0.05) is 30.3 Å². The normalized spacial score (nSPS) is 21.9. The number of benzene rings is 2. The number of nitrogens with zero attached hydrogens (tertiary/aromatic N) is 1. The number of hydrogen-bond acceptors (Lipinski definition) is 2. The number of rotatable bonds is 2. The molecule has 21 heavy (non-hydrogen) atoms. The molecule has 0 N–H and O–H groups in total. The molecular weight excluding hydrogens is 377 g/mol. The van der Waals surface area contributed by atoms with E-state index in [1.807, 2.05) is 61.5 Å². The van der Waals surface area contributed by atoms with E-state index in [0.717, 1.165) is 9.13 Å². The standard InChI is InChI=1S/C17H14INO2/c1-17(12-5-3-2-4-6-12)11-15(20)19(16(17)21)14-9-7-13(18)8-10-14/h2-10H,11H2,1H3. The number of carbonyl (C=O) groups is 2. The first kappa shape index (κ1) is 14.3. The summed E-state index contributed by atoms with van der Waals surface area (Å²) in [6, 6.07) is 16.9. The average Bonchev–Trinajstić information content (AvgIpc) is 2.72. The highest BCUT2D eigenvalue weighted by molar-refractivity contribution is 14.1. The van der Waals surface area contributed by atoms with E-state index < -0.39 is 5.41 Å². The highest BCUT2D eigenvalue weighted by atomic mass is 127. The van der Waals surface area contributed by atoms with Crippen molar-refractivity contribution in [2.24, 2.45) is 0 Å². The van der Waals surface area contributed by atoms with Crippen LogP contribution in [0.15, 0.2) is 54.6 Å². The van der Waals surface area contributed by atoms with Crippen molar-refractivity contribution in [1.29, 1.82) is 0 Å². The zero-order valence-corrected chi connectivity index (χ0v) is 13.7. The Kier molecular flexibility index (Phi) is 3.57. The van der Waals surface area contributed by atoms with Gasteiger partial charge in [-0.05, 0) is 59.3 Å². The lowest BCUT2D eigenvalue weighted by atomic mass is 9.81. The van der Waals surface area contributed by atoms with Gasteiger partial charge in [-0.3, -0.25) is 9.59 Å². The van der Waals surface area contributed by atoms with Crippen molar-refractivity contribution < 1.29 is 9.59 Å². The van der Waals surface area contributed by atoms with Gasteiger partial charge >= 0.3 is 0 Å². The summed E-state index contributed by atoms with van der Waals surface area (Å²) in [6.45, 7) is 1.84. The van der Waals surface area contributed by atoms with Gasteiger partial charge in [0.2, 0.25) is 11.8 Å². The molecule has 1 fully saturated rings. The quantitative estimate of drug-likeness (QED) is 0.581. The highest BCUT2D eigenvalue weighted by Gasteiger charge is 2.49. The van der Waals surface area contributed by atoms with E-state index in [2.05, 4.69) is 22.6 Å². The number of halogens is 1. The van der Waals surface area contributed by atoms with E-state index in [1.165, 1.54) is 4.90 Å². The van der Waals surface area contributed by atoms with Crippen LogP contribution in [0, 0.1) is 3.57 Å². The fraction of sp³-hybridized carbons (Fsp3) is 0.176. The second-order valence-corrected chi connectivity index (χ2v) is 6.63. The maximum atomic E-state index is 12.8. The number of carbonyl (C=O) groups excluding carboxylic acids is 2. The maximum absolute atomic E-state index is 12.8. The van der Waals surface area contributed by atoms with Crippen LogP contribution in [0.5, 0.6) is 0 Å². The first-order valence-electron chi connectivity index (χ1n) is 6.71. The van der Waals surface area contributed by atoms with Gasteiger partial charge in [0.1, 0.15) is 0 Å². The minimum absolute atomic E-state index is 0.146. The lowest BCUT2D eigenvalue weighted by Gasteiger charge is -2.22. The monoisotopic (exact) mass is 391 g/mol. The van der Waals surface area contributed by atoms with Crippen molar-refractivity contribution in [3.8, 4) is 0 Å². The molecular formula is C17H14INO2. The average molecular weight is 391 g/mol. The summed E-state index contributed by atoms with van der Waals surface area (Å²) in [5.74, 6) is -0.299. The molecule has 0 bridgehead atoms. The summed E-state index contributed by atoms with van der Waals surface area (Å²) in [5, 5.41) is 0. The Morgan fingerprint density at radius 1 is 1.00 bits per heavy atom. The van der Waals surface area contributed by atoms with Crippen LogP contribution in [0.25, 0.3) is 0 Å². The molecule has 1 aliphatic rings. The zero-order valence-electron chi connectivity index (χ0n) is 11.5. The molecule has 0 saturated carbocycles. The molecule has 0 radical (unpaired) electrons. The molecule has 2 amide bonds. The van der Waals surface area contributed by atoms with Gasteiger partial charge in [0.25, 0.3) is 0 Å². The fourth-order valence-corrected chi connectivity index (χ4v) is 3.06. The molecule has 1 unspecified atom stereocenters. The van der Waals surface area contributed by atoms with Gasteiger partial charge in [-0.25, -0.2) is 4.90 Å². The van der Waals surface area contributed by atoms with Crippen LogP contribution >= 0.6 is 22.6 Å². The molecule has 1 heterocycles. The number of imide groups is 1. The van der Waals surface area contributed by atoms with E-state index in [0.29, 0.717) is 5.69 Å². The van der Waals surface area contributed by atoms with E-state index in [4.69, 9.17) is 0 Å². The van der Waals surface area contributed by atoms with Crippen LogP contribution in [0.4, 0.5) is 5.69 Å². The molecule has 1 aliphatic heterocycles. The molecule has 0 aromatic heterocycles. The molecule has 106 valence electrons. The third-order valence-electron chi connectivity index (χ3n) is 3.93. The summed E-state index contributed by atoms with van der Waals surface area (Å²) in [4.78, 5) is 26.5. The van der Waals surface area contributed by atoms with Crippen molar-refractivity contribution in [3.63, 3.8) is 0 Å². The molecule has 2 aromatic rings. The van der Waals surface area contributed by atoms with Crippen molar-refractivity contribution in [1.82, 2.24) is 0 Å². The Labute approximate surface area is 137 Å². The second-order valence-electron chi connectivity index (χ2n) is 5.39. The van der Waals surface area contributed by atoms with Gasteiger partial charge in [-0.15, -0.1) is 0 Å². The SMILES string of the molecule is CC1(c2ccccc2)CC(=O)N(c2ccc(I)cc2)C1=O. The topological polar surface area (TPSA) is 37.4 Å². The van der Waals surface area contributed by atoms with Gasteiger partial charge in [-0.2, -0.15) is 0 Å². The van der Waals surface area contributed by atoms with E-state index in [-0.39, 0.29) is 18.2 Å². The van der Waals surface area contributed by atoms with Gasteiger partial charge in [0.05, 0.1) is 11.1 Å². The van der Waals surface area contributed by atoms with Crippen LogP contribution in [-0.2, 0) is 15.0 Å². The van der Waals surface area contributed by atoms with Crippen molar-refractivity contribution >= 4 is 40.1 Å². The Morgan fingerprint density at radius 2 is 1.62 bits per heavy atom. The molecule has 1 saturated heterocycles. The van der Waals surface area contributed by atoms with Crippen molar-refractivity contribution in [2.45, 2.75) is 18.8 Å². The Balaban J connectivity index is 2.01. The van der Waals surface area contributed by atoms with Crippen molar-refractivity contribution in [3.05, 3.63) is 63.7 Å². The predicted molar refractivity (Wildman–Crippen MR) is 90.1 cm³/mol. The Morgan fingerprint density at radius 3 is 2.24 bits per heavy atom. The van der Waals surface area contributed by atoms with Crippen LogP contribution < -0.4 is 4.90 Å². The predicted octanol–water partition coefficient (Wildman–Crippen LogP) is 3.51. The zero-order chi connectivity index (χ0) is 15.0. The summed E-state index contributed by atoms with van der Waals surface area (Å²) in [7, 11) is 0. The van der Waals surface area contributed by atoms with Crippen LogP contribution in [-0.4, -0.2) is 11.8 Å². The minimum atomic E-state index is -0.776. The molecule has 4 heteroatoms. The van der Waals surface area contributed by atoms with Crippen LogP contribution in [0.1, 0.15) is 18.9 Å². The van der Waals surface area contributed by atoms with Gasteiger partial charge < -0.3 is 0 Å². The molecule has 3 rings (SSSR count).